The van der Waals surface area contributed by atoms with Gasteiger partial charge in [0.1, 0.15) is 13.2 Å². The maximum absolute atomic E-state index is 11.8. The van der Waals surface area contributed by atoms with Crippen molar-refractivity contribution in [3.8, 4) is 5.88 Å². The highest BCUT2D eigenvalue weighted by atomic mass is 16.5. The predicted molar refractivity (Wildman–Crippen MR) is 79.8 cm³/mol. The van der Waals surface area contributed by atoms with Gasteiger partial charge in [-0.05, 0) is 0 Å². The summed E-state index contributed by atoms with van der Waals surface area (Å²) in [4.78, 5) is 11.8. The molecule has 0 aliphatic carbocycles. The highest BCUT2D eigenvalue weighted by molar-refractivity contribution is 5.06. The second-order valence-electron chi connectivity index (χ2n) is 7.11. The van der Waals surface area contributed by atoms with Crippen molar-refractivity contribution in [3.63, 3.8) is 0 Å². The number of rotatable bonds is 7. The van der Waals surface area contributed by atoms with Gasteiger partial charge in [-0.25, -0.2) is 4.68 Å². The normalized spacial score (nSPS) is 12.5. The fourth-order valence-electron chi connectivity index (χ4n) is 1.49. The quantitative estimate of drug-likeness (QED) is 0.664. The van der Waals surface area contributed by atoms with Crippen molar-refractivity contribution in [1.82, 2.24) is 9.78 Å². The van der Waals surface area contributed by atoms with Crippen LogP contribution in [0.3, 0.4) is 0 Å². The highest BCUT2D eigenvalue weighted by Gasteiger charge is 2.10. The molecule has 0 aliphatic rings. The summed E-state index contributed by atoms with van der Waals surface area (Å²) in [6.45, 7) is 2.91. The predicted octanol–water partition coefficient (Wildman–Crippen LogP) is 0.0345. The lowest BCUT2D eigenvalue weighted by molar-refractivity contribution is -0.871. The summed E-state index contributed by atoms with van der Waals surface area (Å²) in [6, 6.07) is 3.16. The summed E-state index contributed by atoms with van der Waals surface area (Å²) in [5, 5.41) is 4.26. The molecule has 0 atom stereocenters. The average molecular weight is 284 g/mol. The lowest BCUT2D eigenvalue weighted by Gasteiger charge is -2.24. The minimum Gasteiger partial charge on any atom is -0.471 e. The van der Waals surface area contributed by atoms with Crippen LogP contribution in [0.2, 0.25) is 0 Å². The smallest absolute Gasteiger partial charge is 0.267 e. The first kappa shape index (κ1) is 16.7. The maximum atomic E-state index is 11.8. The zero-order valence-electron chi connectivity index (χ0n) is 13.6. The van der Waals surface area contributed by atoms with Crippen molar-refractivity contribution >= 4 is 0 Å². The number of hydrogen-bond donors (Lipinski definition) is 0. The van der Waals surface area contributed by atoms with Gasteiger partial charge in [0.25, 0.3) is 5.56 Å². The Labute approximate surface area is 121 Å². The van der Waals surface area contributed by atoms with E-state index in [-0.39, 0.29) is 5.56 Å². The zero-order chi connectivity index (χ0) is 15.4. The molecule has 0 unspecified atom stereocenters. The Morgan fingerprint density at radius 2 is 1.65 bits per heavy atom. The van der Waals surface area contributed by atoms with E-state index in [1.165, 1.54) is 10.7 Å². The first-order valence-electron chi connectivity index (χ1n) is 6.89. The van der Waals surface area contributed by atoms with Gasteiger partial charge in [0.05, 0.1) is 55.4 Å². The molecule has 1 aromatic heterocycles. The first-order chi connectivity index (χ1) is 9.07. The fourth-order valence-corrected chi connectivity index (χ4v) is 1.49. The number of nitrogens with zero attached hydrogens (tertiary/aromatic N) is 4. The molecule has 0 amide bonds. The number of quaternary nitrogens is 2. The average Bonchev–Trinajstić information content (AvgIpc) is 2.27. The van der Waals surface area contributed by atoms with E-state index in [4.69, 9.17) is 4.74 Å². The number of aromatic nitrogens is 2. The Hall–Kier alpha value is -1.40. The second-order valence-corrected chi connectivity index (χ2v) is 7.11. The van der Waals surface area contributed by atoms with Crippen LogP contribution in [-0.4, -0.2) is 80.7 Å². The van der Waals surface area contributed by atoms with Crippen LogP contribution in [0.4, 0.5) is 0 Å². The number of ether oxygens (including phenoxy) is 1. The van der Waals surface area contributed by atoms with E-state index in [9.17, 15) is 4.79 Å². The van der Waals surface area contributed by atoms with E-state index in [1.807, 2.05) is 0 Å². The van der Waals surface area contributed by atoms with E-state index >= 15 is 0 Å². The molecule has 6 heteroatoms. The van der Waals surface area contributed by atoms with E-state index in [2.05, 4.69) is 47.4 Å². The van der Waals surface area contributed by atoms with Gasteiger partial charge in [-0.15, -0.1) is 5.10 Å². The summed E-state index contributed by atoms with van der Waals surface area (Å²) in [6.07, 6.45) is 0. The van der Waals surface area contributed by atoms with Gasteiger partial charge < -0.3 is 13.7 Å². The van der Waals surface area contributed by atoms with Gasteiger partial charge in [-0.1, -0.05) is 0 Å². The molecule has 0 aliphatic heterocycles. The topological polar surface area (TPSA) is 44.1 Å². The lowest BCUT2D eigenvalue weighted by Crippen LogP contribution is -2.40. The third-order valence-electron chi connectivity index (χ3n) is 2.84. The molecule has 0 saturated carbocycles. The number of hydrogen-bond acceptors (Lipinski definition) is 3. The minimum absolute atomic E-state index is 0.0857. The molecule has 0 bridgehead atoms. The number of likely N-dealkylation sites (N-methyl/N-ethyl adjacent to an activating group) is 2. The van der Waals surface area contributed by atoms with Crippen molar-refractivity contribution in [1.29, 1.82) is 0 Å². The molecule has 0 fully saturated rings. The van der Waals surface area contributed by atoms with Gasteiger partial charge >= 0.3 is 0 Å². The van der Waals surface area contributed by atoms with Gasteiger partial charge in [0, 0.05) is 12.1 Å². The molecule has 1 heterocycles. The van der Waals surface area contributed by atoms with Crippen LogP contribution in [0.5, 0.6) is 5.88 Å². The summed E-state index contributed by atoms with van der Waals surface area (Å²) in [5.74, 6) is 0.513. The molecular formula is C14H28N4O2+2. The van der Waals surface area contributed by atoms with Crippen molar-refractivity contribution in [3.05, 3.63) is 22.5 Å². The molecule has 0 aromatic carbocycles. The SMILES string of the molecule is C[N+](C)(C)CCOc1ccc(=O)n(CC[N+](C)(C)C)n1. The fraction of sp³-hybridized carbons (Fsp3) is 0.714. The van der Waals surface area contributed by atoms with Crippen molar-refractivity contribution in [2.24, 2.45) is 0 Å². The Kier molecular flexibility index (Phi) is 5.30. The van der Waals surface area contributed by atoms with Crippen LogP contribution in [-0.2, 0) is 6.54 Å². The van der Waals surface area contributed by atoms with E-state index in [0.29, 0.717) is 19.0 Å². The minimum atomic E-state index is -0.0857. The van der Waals surface area contributed by atoms with Crippen molar-refractivity contribution in [2.75, 3.05) is 62.0 Å². The van der Waals surface area contributed by atoms with Crippen LogP contribution in [0, 0.1) is 0 Å². The van der Waals surface area contributed by atoms with E-state index < -0.39 is 0 Å². The summed E-state index contributed by atoms with van der Waals surface area (Å²) < 4.78 is 8.72. The molecule has 0 radical (unpaired) electrons. The van der Waals surface area contributed by atoms with E-state index in [1.54, 1.807) is 6.07 Å². The summed E-state index contributed by atoms with van der Waals surface area (Å²) in [7, 11) is 12.6. The Balaban J connectivity index is 2.64. The van der Waals surface area contributed by atoms with Gasteiger partial charge in [-0.3, -0.25) is 4.79 Å². The molecule has 0 saturated heterocycles. The molecule has 1 aromatic rings. The first-order valence-corrected chi connectivity index (χ1v) is 6.89. The van der Waals surface area contributed by atoms with Crippen molar-refractivity contribution < 1.29 is 13.7 Å². The maximum Gasteiger partial charge on any atom is 0.267 e. The van der Waals surface area contributed by atoms with Crippen LogP contribution < -0.4 is 10.3 Å². The van der Waals surface area contributed by atoms with Crippen LogP contribution >= 0.6 is 0 Å². The summed E-state index contributed by atoms with van der Waals surface area (Å²) in [5.41, 5.74) is -0.0857. The molecule has 0 N–H and O–H groups in total. The van der Waals surface area contributed by atoms with Gasteiger partial charge in [-0.2, -0.15) is 0 Å². The molecule has 0 spiro atoms. The van der Waals surface area contributed by atoms with Crippen LogP contribution in [0.1, 0.15) is 0 Å². The van der Waals surface area contributed by atoms with Crippen LogP contribution in [0.15, 0.2) is 16.9 Å². The van der Waals surface area contributed by atoms with Crippen LogP contribution in [0.25, 0.3) is 0 Å². The zero-order valence-corrected chi connectivity index (χ0v) is 13.6. The van der Waals surface area contributed by atoms with Gasteiger partial charge in [0.2, 0.25) is 5.88 Å². The Morgan fingerprint density at radius 1 is 1.05 bits per heavy atom. The lowest BCUT2D eigenvalue weighted by atomic mass is 10.5. The van der Waals surface area contributed by atoms with E-state index in [0.717, 1.165) is 22.1 Å². The Morgan fingerprint density at radius 3 is 2.20 bits per heavy atom. The third kappa shape index (κ3) is 6.68. The van der Waals surface area contributed by atoms with Crippen molar-refractivity contribution in [2.45, 2.75) is 6.54 Å². The molecule has 6 nitrogen and oxygen atoms in total. The third-order valence-corrected chi connectivity index (χ3v) is 2.84. The highest BCUT2D eigenvalue weighted by Crippen LogP contribution is 2.02. The summed E-state index contributed by atoms with van der Waals surface area (Å²) >= 11 is 0. The van der Waals surface area contributed by atoms with Gasteiger partial charge in [0.15, 0.2) is 0 Å². The monoisotopic (exact) mass is 284 g/mol. The molecule has 20 heavy (non-hydrogen) atoms. The standard InChI is InChI=1S/C14H28N4O2/c1-17(2,3)10-9-16-14(19)8-7-13(15-16)20-12-11-18(4,5)6/h7-8H,9-12H2,1-6H3/q+2. The second kappa shape index (κ2) is 6.37. The Bertz CT molecular complexity index is 483. The largest absolute Gasteiger partial charge is 0.471 e. The molecule has 114 valence electrons. The molecule has 1 rings (SSSR count). The molecular weight excluding hydrogens is 256 g/mol.